The lowest BCUT2D eigenvalue weighted by molar-refractivity contribution is -0.116. The van der Waals surface area contributed by atoms with Crippen LogP contribution in [0.1, 0.15) is 44.5 Å². The number of methoxy groups -OCH3 is 1. The normalized spacial score (nSPS) is 11.4. The van der Waals surface area contributed by atoms with Crippen LogP contribution in [0, 0.1) is 0 Å². The number of benzene rings is 1. The third-order valence-electron chi connectivity index (χ3n) is 3.92. The lowest BCUT2D eigenvalue weighted by atomic mass is 9.98. The van der Waals surface area contributed by atoms with Crippen LogP contribution in [-0.2, 0) is 16.6 Å². The number of aromatic nitrogens is 4. The third-order valence-corrected chi connectivity index (χ3v) is 5.19. The maximum absolute atomic E-state index is 12.1. The summed E-state index contributed by atoms with van der Waals surface area (Å²) in [7, 11) is 1.62. The zero-order valence-electron chi connectivity index (χ0n) is 16.4. The van der Waals surface area contributed by atoms with Gasteiger partial charge in [0.25, 0.3) is 0 Å². The van der Waals surface area contributed by atoms with Gasteiger partial charge in [-0.2, -0.15) is 4.98 Å². The van der Waals surface area contributed by atoms with Crippen molar-refractivity contribution >= 4 is 22.4 Å². The van der Waals surface area contributed by atoms with E-state index in [0.717, 1.165) is 16.3 Å². The molecule has 1 N–H and O–H groups in total. The molecule has 0 fully saturated rings. The Morgan fingerprint density at radius 3 is 2.61 bits per heavy atom. The highest BCUT2D eigenvalue weighted by Crippen LogP contribution is 2.27. The molecule has 8 nitrogen and oxygen atoms in total. The molecule has 0 saturated heterocycles. The van der Waals surface area contributed by atoms with Crippen LogP contribution in [0.5, 0.6) is 5.75 Å². The Kier molecular flexibility index (Phi) is 6.03. The molecule has 0 radical (unpaired) electrons. The van der Waals surface area contributed by atoms with Crippen molar-refractivity contribution in [3.8, 4) is 17.1 Å². The Morgan fingerprint density at radius 1 is 1.21 bits per heavy atom. The molecular formula is C19H23N5O3S. The lowest BCUT2D eigenvalue weighted by Gasteiger charge is -2.12. The molecule has 1 aromatic carbocycles. The Hall–Kier alpha value is -2.81. The van der Waals surface area contributed by atoms with E-state index in [-0.39, 0.29) is 11.3 Å². The van der Waals surface area contributed by atoms with Crippen molar-refractivity contribution in [2.45, 2.75) is 45.4 Å². The first-order valence-corrected chi connectivity index (χ1v) is 9.77. The molecule has 9 heteroatoms. The predicted molar refractivity (Wildman–Crippen MR) is 106 cm³/mol. The van der Waals surface area contributed by atoms with E-state index >= 15 is 0 Å². The highest BCUT2D eigenvalue weighted by atomic mass is 32.1. The second-order valence-electron chi connectivity index (χ2n) is 7.30. The first kappa shape index (κ1) is 19.9. The summed E-state index contributed by atoms with van der Waals surface area (Å²) in [6.07, 6.45) is 1.46. The summed E-state index contributed by atoms with van der Waals surface area (Å²) in [6, 6.07) is 7.42. The van der Waals surface area contributed by atoms with Gasteiger partial charge >= 0.3 is 0 Å². The smallest absolute Gasteiger partial charge is 0.226 e. The number of ether oxygens (including phenoxy) is 1. The van der Waals surface area contributed by atoms with Crippen LogP contribution >= 0.6 is 11.3 Å². The fraction of sp³-hybridized carbons (Fsp3) is 0.421. The Labute approximate surface area is 167 Å². The number of carbonyl (C=O) groups excluding carboxylic acids is 1. The monoisotopic (exact) mass is 401 g/mol. The van der Waals surface area contributed by atoms with Gasteiger partial charge in [-0.3, -0.25) is 4.79 Å². The number of hydrogen-bond acceptors (Lipinski definition) is 8. The molecule has 0 spiro atoms. The van der Waals surface area contributed by atoms with Gasteiger partial charge in [-0.1, -0.05) is 37.3 Å². The van der Waals surface area contributed by atoms with Crippen molar-refractivity contribution in [3.63, 3.8) is 0 Å². The van der Waals surface area contributed by atoms with Gasteiger partial charge < -0.3 is 14.6 Å². The maximum Gasteiger partial charge on any atom is 0.226 e. The number of nitrogens with zero attached hydrogens (tertiary/aromatic N) is 4. The molecule has 1 amide bonds. The average molecular weight is 401 g/mol. The Morgan fingerprint density at radius 2 is 1.96 bits per heavy atom. The number of hydrogen-bond donors (Lipinski definition) is 1. The van der Waals surface area contributed by atoms with E-state index in [1.54, 1.807) is 7.11 Å². The second kappa shape index (κ2) is 8.47. The standard InChI is InChI=1S/C19H23N5O3S/c1-19(2,3)17-22-23-18(28-17)20-14(25)6-5-7-15-21-16(24-27-15)12-8-10-13(26-4)11-9-12/h8-11H,5-7H2,1-4H3,(H,20,23,25). The molecule has 0 saturated carbocycles. The van der Waals surface area contributed by atoms with Crippen LogP contribution in [0.15, 0.2) is 28.8 Å². The van der Waals surface area contributed by atoms with Gasteiger partial charge in [0.1, 0.15) is 10.8 Å². The summed E-state index contributed by atoms with van der Waals surface area (Å²) in [5.74, 6) is 1.69. The van der Waals surface area contributed by atoms with E-state index in [1.165, 1.54) is 11.3 Å². The van der Waals surface area contributed by atoms with Gasteiger partial charge in [0.05, 0.1) is 7.11 Å². The summed E-state index contributed by atoms with van der Waals surface area (Å²) in [6.45, 7) is 6.18. The predicted octanol–water partition coefficient (Wildman–Crippen LogP) is 3.86. The lowest BCUT2D eigenvalue weighted by Crippen LogP contribution is -2.11. The topological polar surface area (TPSA) is 103 Å². The summed E-state index contributed by atoms with van der Waals surface area (Å²) < 4.78 is 10.4. The van der Waals surface area contributed by atoms with Crippen LogP contribution in [0.4, 0.5) is 5.13 Å². The fourth-order valence-corrected chi connectivity index (χ4v) is 3.19. The van der Waals surface area contributed by atoms with Gasteiger partial charge in [0, 0.05) is 23.8 Å². The zero-order chi connectivity index (χ0) is 20.1. The summed E-state index contributed by atoms with van der Waals surface area (Å²) in [5, 5.41) is 16.3. The molecule has 0 aliphatic rings. The van der Waals surface area contributed by atoms with Gasteiger partial charge in [0.2, 0.25) is 22.8 Å². The van der Waals surface area contributed by atoms with Crippen LogP contribution in [0.3, 0.4) is 0 Å². The molecule has 0 unspecified atom stereocenters. The van der Waals surface area contributed by atoms with E-state index in [4.69, 9.17) is 9.26 Å². The number of carbonyl (C=O) groups is 1. The van der Waals surface area contributed by atoms with Crippen LogP contribution in [0.2, 0.25) is 0 Å². The first-order valence-electron chi connectivity index (χ1n) is 8.96. The van der Waals surface area contributed by atoms with Crippen molar-refractivity contribution < 1.29 is 14.1 Å². The largest absolute Gasteiger partial charge is 0.497 e. The van der Waals surface area contributed by atoms with E-state index in [1.807, 2.05) is 24.3 Å². The molecular weight excluding hydrogens is 378 g/mol. The second-order valence-corrected chi connectivity index (χ2v) is 8.28. The molecule has 2 aromatic heterocycles. The molecule has 0 aliphatic carbocycles. The molecule has 0 atom stereocenters. The number of nitrogens with one attached hydrogen (secondary N) is 1. The van der Waals surface area contributed by atoms with E-state index in [2.05, 4.69) is 46.4 Å². The van der Waals surface area contributed by atoms with Crippen LogP contribution < -0.4 is 10.1 Å². The SMILES string of the molecule is COc1ccc(-c2noc(CCCC(=O)Nc3nnc(C(C)(C)C)s3)n2)cc1. The molecule has 3 aromatic rings. The summed E-state index contributed by atoms with van der Waals surface area (Å²) >= 11 is 1.40. The molecule has 3 rings (SSSR count). The van der Waals surface area contributed by atoms with E-state index in [0.29, 0.717) is 36.1 Å². The number of amides is 1. The number of anilines is 1. The van der Waals surface area contributed by atoms with Crippen molar-refractivity contribution in [2.75, 3.05) is 12.4 Å². The van der Waals surface area contributed by atoms with Crippen molar-refractivity contribution in [3.05, 3.63) is 35.2 Å². The molecule has 148 valence electrons. The first-order chi connectivity index (χ1) is 13.3. The average Bonchev–Trinajstić information content (AvgIpc) is 3.31. The summed E-state index contributed by atoms with van der Waals surface area (Å²) in [5.41, 5.74) is 0.764. The summed E-state index contributed by atoms with van der Waals surface area (Å²) in [4.78, 5) is 16.5. The molecule has 0 aliphatic heterocycles. The third kappa shape index (κ3) is 5.13. The van der Waals surface area contributed by atoms with Crippen LogP contribution in [-0.4, -0.2) is 33.4 Å². The minimum atomic E-state index is -0.105. The van der Waals surface area contributed by atoms with Crippen LogP contribution in [0.25, 0.3) is 11.4 Å². The molecule has 28 heavy (non-hydrogen) atoms. The van der Waals surface area contributed by atoms with Crippen molar-refractivity contribution in [1.82, 2.24) is 20.3 Å². The van der Waals surface area contributed by atoms with Gasteiger partial charge in [-0.25, -0.2) is 0 Å². The minimum absolute atomic E-state index is 0.0831. The Balaban J connectivity index is 1.47. The molecule has 0 bridgehead atoms. The molecule has 2 heterocycles. The van der Waals surface area contributed by atoms with Gasteiger partial charge in [-0.05, 0) is 30.7 Å². The fourth-order valence-electron chi connectivity index (χ4n) is 2.37. The Bertz CT molecular complexity index is 928. The quantitative estimate of drug-likeness (QED) is 0.641. The highest BCUT2D eigenvalue weighted by Gasteiger charge is 2.20. The number of rotatable bonds is 7. The van der Waals surface area contributed by atoms with Crippen molar-refractivity contribution in [2.24, 2.45) is 0 Å². The van der Waals surface area contributed by atoms with E-state index < -0.39 is 0 Å². The maximum atomic E-state index is 12.1. The highest BCUT2D eigenvalue weighted by molar-refractivity contribution is 7.15. The van der Waals surface area contributed by atoms with Gasteiger partial charge in [0.15, 0.2) is 0 Å². The van der Waals surface area contributed by atoms with E-state index in [9.17, 15) is 4.79 Å². The van der Waals surface area contributed by atoms with Crippen molar-refractivity contribution in [1.29, 1.82) is 0 Å². The minimum Gasteiger partial charge on any atom is -0.497 e. The zero-order valence-corrected chi connectivity index (χ0v) is 17.2. The van der Waals surface area contributed by atoms with Gasteiger partial charge in [-0.15, -0.1) is 10.2 Å². The number of aryl methyl sites for hydroxylation is 1.